The molecule has 0 bridgehead atoms. The van der Waals surface area contributed by atoms with E-state index in [1.807, 2.05) is 6.07 Å². The number of hydrogen-bond acceptors (Lipinski definition) is 2. The minimum Gasteiger partial charge on any atom is -0.472 e. The van der Waals surface area contributed by atoms with Crippen LogP contribution in [0.1, 0.15) is 50.5 Å². The van der Waals surface area contributed by atoms with E-state index in [4.69, 9.17) is 4.42 Å². The minimum atomic E-state index is -0.195. The number of aliphatic hydroxyl groups excluding tert-OH is 1. The van der Waals surface area contributed by atoms with Gasteiger partial charge in [0.05, 0.1) is 18.6 Å². The van der Waals surface area contributed by atoms with E-state index in [0.717, 1.165) is 24.3 Å². The molecule has 1 aromatic rings. The smallest absolute Gasteiger partial charge is 0.0935 e. The number of rotatable bonds is 5. The Morgan fingerprint density at radius 3 is 2.81 bits per heavy atom. The second kappa shape index (κ2) is 6.09. The van der Waals surface area contributed by atoms with Crippen molar-refractivity contribution in [1.29, 1.82) is 0 Å². The Labute approximate surface area is 97.7 Å². The molecule has 1 atom stereocenters. The van der Waals surface area contributed by atoms with Crippen molar-refractivity contribution in [2.45, 2.75) is 57.5 Å². The van der Waals surface area contributed by atoms with Crippen molar-refractivity contribution in [3.05, 3.63) is 24.2 Å². The molecule has 1 aromatic heterocycles. The Kier molecular flexibility index (Phi) is 4.46. The highest BCUT2D eigenvalue weighted by Gasteiger charge is 2.15. The number of aliphatic hydroxyl groups is 1. The van der Waals surface area contributed by atoms with Crippen LogP contribution in [0.25, 0.3) is 0 Å². The molecule has 1 N–H and O–H groups in total. The predicted molar refractivity (Wildman–Crippen MR) is 64.2 cm³/mol. The highest BCUT2D eigenvalue weighted by Crippen LogP contribution is 2.28. The first-order valence-electron chi connectivity index (χ1n) is 6.54. The summed E-state index contributed by atoms with van der Waals surface area (Å²) in [5.74, 6) is 0.868. The van der Waals surface area contributed by atoms with Crippen molar-refractivity contribution in [2.24, 2.45) is 5.92 Å². The van der Waals surface area contributed by atoms with Gasteiger partial charge in [0.1, 0.15) is 0 Å². The van der Waals surface area contributed by atoms with Gasteiger partial charge in [0.15, 0.2) is 0 Å². The van der Waals surface area contributed by atoms with Crippen LogP contribution in [0.15, 0.2) is 23.0 Å². The first kappa shape index (κ1) is 11.7. The quantitative estimate of drug-likeness (QED) is 0.826. The lowest BCUT2D eigenvalue weighted by Gasteiger charge is -2.22. The third kappa shape index (κ3) is 3.67. The van der Waals surface area contributed by atoms with Crippen LogP contribution in [0.5, 0.6) is 0 Å². The zero-order valence-corrected chi connectivity index (χ0v) is 9.90. The maximum atomic E-state index is 9.91. The van der Waals surface area contributed by atoms with Gasteiger partial charge in [0.2, 0.25) is 0 Å². The van der Waals surface area contributed by atoms with E-state index in [1.54, 1.807) is 12.5 Å². The van der Waals surface area contributed by atoms with Crippen molar-refractivity contribution < 1.29 is 9.52 Å². The number of hydrogen-bond donors (Lipinski definition) is 1. The molecule has 0 amide bonds. The average molecular weight is 222 g/mol. The summed E-state index contributed by atoms with van der Waals surface area (Å²) in [6, 6.07) is 1.93. The van der Waals surface area contributed by atoms with Crippen molar-refractivity contribution in [2.75, 3.05) is 0 Å². The fourth-order valence-corrected chi connectivity index (χ4v) is 2.69. The molecule has 0 aromatic carbocycles. The fourth-order valence-electron chi connectivity index (χ4n) is 2.69. The molecule has 16 heavy (non-hydrogen) atoms. The van der Waals surface area contributed by atoms with E-state index in [0.29, 0.717) is 0 Å². The van der Waals surface area contributed by atoms with Crippen molar-refractivity contribution in [1.82, 2.24) is 0 Å². The Bertz CT molecular complexity index is 273. The normalized spacial score (nSPS) is 19.8. The van der Waals surface area contributed by atoms with E-state index in [-0.39, 0.29) is 6.10 Å². The maximum Gasteiger partial charge on any atom is 0.0935 e. The molecule has 1 saturated carbocycles. The molecule has 1 aliphatic carbocycles. The average Bonchev–Trinajstić information content (AvgIpc) is 2.81. The summed E-state index contributed by atoms with van der Waals surface area (Å²) in [5, 5.41) is 9.91. The van der Waals surface area contributed by atoms with Crippen LogP contribution in [-0.4, -0.2) is 11.2 Å². The van der Waals surface area contributed by atoms with Gasteiger partial charge in [-0.3, -0.25) is 0 Å². The summed E-state index contributed by atoms with van der Waals surface area (Å²) >= 11 is 0. The standard InChI is InChI=1S/C14H22O2/c15-14(10-13-8-9-16-11-13)7-6-12-4-2-1-3-5-12/h8-9,11-12,14-15H,1-7,10H2. The molecular formula is C14H22O2. The third-order valence-corrected chi connectivity index (χ3v) is 3.68. The van der Waals surface area contributed by atoms with Crippen LogP contribution in [0, 0.1) is 5.92 Å². The van der Waals surface area contributed by atoms with E-state index in [1.165, 1.54) is 38.5 Å². The van der Waals surface area contributed by atoms with Crippen LogP contribution in [0.3, 0.4) is 0 Å². The van der Waals surface area contributed by atoms with Crippen LogP contribution >= 0.6 is 0 Å². The molecule has 1 unspecified atom stereocenters. The lowest BCUT2D eigenvalue weighted by Crippen LogP contribution is -2.14. The van der Waals surface area contributed by atoms with Gasteiger partial charge in [-0.05, 0) is 30.4 Å². The van der Waals surface area contributed by atoms with Crippen molar-refractivity contribution in [3.8, 4) is 0 Å². The van der Waals surface area contributed by atoms with E-state index in [2.05, 4.69) is 0 Å². The van der Waals surface area contributed by atoms with E-state index in [9.17, 15) is 5.11 Å². The van der Waals surface area contributed by atoms with Crippen molar-refractivity contribution in [3.63, 3.8) is 0 Å². The lowest BCUT2D eigenvalue weighted by molar-refractivity contribution is 0.149. The van der Waals surface area contributed by atoms with Gasteiger partial charge in [0.25, 0.3) is 0 Å². The topological polar surface area (TPSA) is 33.4 Å². The molecule has 2 nitrogen and oxygen atoms in total. The van der Waals surface area contributed by atoms with Gasteiger partial charge in [-0.2, -0.15) is 0 Å². The zero-order chi connectivity index (χ0) is 11.2. The Hall–Kier alpha value is -0.760. The molecule has 1 fully saturated rings. The summed E-state index contributed by atoms with van der Waals surface area (Å²) < 4.78 is 5.00. The zero-order valence-electron chi connectivity index (χ0n) is 9.90. The molecule has 0 saturated heterocycles. The van der Waals surface area contributed by atoms with Crippen LogP contribution < -0.4 is 0 Å². The van der Waals surface area contributed by atoms with Crippen molar-refractivity contribution >= 4 is 0 Å². The van der Waals surface area contributed by atoms with E-state index >= 15 is 0 Å². The Balaban J connectivity index is 1.65. The molecule has 0 aliphatic heterocycles. The molecule has 2 rings (SSSR count). The summed E-state index contributed by atoms with van der Waals surface area (Å²) in [5.41, 5.74) is 1.11. The van der Waals surface area contributed by atoms with Gasteiger partial charge in [-0.1, -0.05) is 32.1 Å². The molecule has 0 spiro atoms. The summed E-state index contributed by atoms with van der Waals surface area (Å²) in [6.07, 6.45) is 13.0. The highest BCUT2D eigenvalue weighted by molar-refractivity contribution is 5.06. The van der Waals surface area contributed by atoms with Crippen LogP contribution in [0.4, 0.5) is 0 Å². The lowest BCUT2D eigenvalue weighted by atomic mass is 9.85. The largest absolute Gasteiger partial charge is 0.472 e. The summed E-state index contributed by atoms with van der Waals surface area (Å²) in [7, 11) is 0. The van der Waals surface area contributed by atoms with Gasteiger partial charge in [0, 0.05) is 6.42 Å². The predicted octanol–water partition coefficient (Wildman–Crippen LogP) is 3.54. The molecular weight excluding hydrogens is 200 g/mol. The second-order valence-corrected chi connectivity index (χ2v) is 5.07. The number of furan rings is 1. The molecule has 0 radical (unpaired) electrons. The van der Waals surface area contributed by atoms with Crippen LogP contribution in [-0.2, 0) is 6.42 Å². The third-order valence-electron chi connectivity index (χ3n) is 3.68. The first-order chi connectivity index (χ1) is 7.84. The van der Waals surface area contributed by atoms with Gasteiger partial charge in [-0.25, -0.2) is 0 Å². The maximum absolute atomic E-state index is 9.91. The SMILES string of the molecule is OC(CCC1CCCCC1)Cc1ccoc1. The van der Waals surface area contributed by atoms with Gasteiger partial charge in [-0.15, -0.1) is 0 Å². The van der Waals surface area contributed by atoms with Crippen LogP contribution in [0.2, 0.25) is 0 Å². The van der Waals surface area contributed by atoms with Gasteiger partial charge >= 0.3 is 0 Å². The van der Waals surface area contributed by atoms with E-state index < -0.39 is 0 Å². The summed E-state index contributed by atoms with van der Waals surface area (Å²) in [6.45, 7) is 0. The second-order valence-electron chi connectivity index (χ2n) is 5.07. The minimum absolute atomic E-state index is 0.195. The van der Waals surface area contributed by atoms with Gasteiger partial charge < -0.3 is 9.52 Å². The molecule has 1 heterocycles. The molecule has 1 aliphatic rings. The highest BCUT2D eigenvalue weighted by atomic mass is 16.3. The first-order valence-corrected chi connectivity index (χ1v) is 6.54. The molecule has 2 heteroatoms. The monoisotopic (exact) mass is 222 g/mol. The Morgan fingerprint density at radius 2 is 2.12 bits per heavy atom. The molecule has 90 valence electrons. The Morgan fingerprint density at radius 1 is 1.31 bits per heavy atom. The summed E-state index contributed by atoms with van der Waals surface area (Å²) in [4.78, 5) is 0. The fraction of sp³-hybridized carbons (Fsp3) is 0.714.